The van der Waals surface area contributed by atoms with E-state index in [0.717, 1.165) is 37.2 Å². The molecule has 2 aromatic rings. The lowest BCUT2D eigenvalue weighted by atomic mass is 10.3. The molecule has 1 saturated heterocycles. The molecule has 0 bridgehead atoms. The van der Waals surface area contributed by atoms with Crippen LogP contribution in [0.15, 0.2) is 42.6 Å². The fourth-order valence-corrected chi connectivity index (χ4v) is 2.57. The number of benzene rings is 1. The van der Waals surface area contributed by atoms with Crippen LogP contribution < -0.4 is 14.8 Å². The summed E-state index contributed by atoms with van der Waals surface area (Å²) in [4.78, 5) is 18.1. The predicted molar refractivity (Wildman–Crippen MR) is 90.3 cm³/mol. The molecule has 6 nitrogen and oxygen atoms in total. The highest BCUT2D eigenvalue weighted by Crippen LogP contribution is 2.23. The van der Waals surface area contributed by atoms with Crippen LogP contribution in [-0.4, -0.2) is 36.1 Å². The van der Waals surface area contributed by atoms with Crippen LogP contribution in [0.4, 0.5) is 4.79 Å². The predicted octanol–water partition coefficient (Wildman–Crippen LogP) is 3.19. The number of nitrogens with one attached hydrogen (secondary N) is 1. The van der Waals surface area contributed by atoms with Crippen molar-refractivity contribution in [3.8, 4) is 17.4 Å². The van der Waals surface area contributed by atoms with Crippen LogP contribution in [-0.2, 0) is 6.54 Å². The van der Waals surface area contributed by atoms with Crippen LogP contribution >= 0.6 is 0 Å². The summed E-state index contributed by atoms with van der Waals surface area (Å²) in [5, 5.41) is 2.91. The Labute approximate surface area is 141 Å². The number of aromatic nitrogens is 1. The summed E-state index contributed by atoms with van der Waals surface area (Å²) in [6.07, 6.45) is 3.89. The molecule has 1 fully saturated rings. The van der Waals surface area contributed by atoms with Gasteiger partial charge >= 0.3 is 6.03 Å². The molecule has 0 spiro atoms. The maximum absolute atomic E-state index is 11.9. The van der Waals surface area contributed by atoms with E-state index < -0.39 is 0 Å². The summed E-state index contributed by atoms with van der Waals surface area (Å²) < 4.78 is 10.9. The standard InChI is InChI=1S/C18H21N3O3/c1-23-15-5-4-6-16(11-15)24-17-8-7-14(12-19-17)13-20-18(22)21-9-2-3-10-21/h4-8,11-12H,2-3,9-10,13H2,1H3,(H,20,22). The second kappa shape index (κ2) is 7.68. The van der Waals surface area contributed by atoms with E-state index in [4.69, 9.17) is 9.47 Å². The number of methoxy groups -OCH3 is 1. The number of carbonyl (C=O) groups is 1. The van der Waals surface area contributed by atoms with Crippen molar-refractivity contribution < 1.29 is 14.3 Å². The van der Waals surface area contributed by atoms with Gasteiger partial charge in [0, 0.05) is 38.0 Å². The molecule has 0 aliphatic carbocycles. The van der Waals surface area contributed by atoms with Crippen LogP contribution in [0.25, 0.3) is 0 Å². The smallest absolute Gasteiger partial charge is 0.317 e. The largest absolute Gasteiger partial charge is 0.497 e. The van der Waals surface area contributed by atoms with Gasteiger partial charge in [-0.25, -0.2) is 9.78 Å². The Bertz CT molecular complexity index is 682. The Balaban J connectivity index is 1.53. The highest BCUT2D eigenvalue weighted by molar-refractivity contribution is 5.74. The molecular formula is C18H21N3O3. The molecule has 6 heteroatoms. The van der Waals surface area contributed by atoms with Gasteiger partial charge in [0.25, 0.3) is 0 Å². The van der Waals surface area contributed by atoms with Gasteiger partial charge in [0.2, 0.25) is 5.88 Å². The van der Waals surface area contributed by atoms with Gasteiger partial charge in [-0.3, -0.25) is 0 Å². The average molecular weight is 327 g/mol. The number of hydrogen-bond donors (Lipinski definition) is 1. The van der Waals surface area contributed by atoms with Crippen molar-refractivity contribution in [3.05, 3.63) is 48.2 Å². The van der Waals surface area contributed by atoms with Gasteiger partial charge in [-0.1, -0.05) is 12.1 Å². The van der Waals surface area contributed by atoms with Crippen molar-refractivity contribution in [1.82, 2.24) is 15.2 Å². The second-order valence-corrected chi connectivity index (χ2v) is 5.64. The van der Waals surface area contributed by atoms with E-state index in [0.29, 0.717) is 18.2 Å². The quantitative estimate of drug-likeness (QED) is 0.916. The normalized spacial score (nSPS) is 13.6. The number of carbonyl (C=O) groups excluding carboxylic acids is 1. The molecule has 24 heavy (non-hydrogen) atoms. The number of pyridine rings is 1. The zero-order valence-electron chi connectivity index (χ0n) is 13.7. The van der Waals surface area contributed by atoms with Crippen molar-refractivity contribution in [2.24, 2.45) is 0 Å². The number of nitrogens with zero attached hydrogens (tertiary/aromatic N) is 2. The van der Waals surface area contributed by atoms with Crippen molar-refractivity contribution in [3.63, 3.8) is 0 Å². The number of hydrogen-bond acceptors (Lipinski definition) is 4. The van der Waals surface area contributed by atoms with Crippen molar-refractivity contribution in [2.45, 2.75) is 19.4 Å². The highest BCUT2D eigenvalue weighted by atomic mass is 16.5. The molecule has 1 N–H and O–H groups in total. The Morgan fingerprint density at radius 3 is 2.71 bits per heavy atom. The number of ether oxygens (including phenoxy) is 2. The molecule has 0 saturated carbocycles. The van der Waals surface area contributed by atoms with Gasteiger partial charge in [0.1, 0.15) is 11.5 Å². The topological polar surface area (TPSA) is 63.7 Å². The summed E-state index contributed by atoms with van der Waals surface area (Å²) >= 11 is 0. The first-order valence-electron chi connectivity index (χ1n) is 8.04. The molecule has 1 aromatic heterocycles. The van der Waals surface area contributed by atoms with Crippen LogP contribution in [0.1, 0.15) is 18.4 Å². The van der Waals surface area contributed by atoms with Crippen LogP contribution in [0.2, 0.25) is 0 Å². The van der Waals surface area contributed by atoms with Gasteiger partial charge < -0.3 is 19.7 Å². The van der Waals surface area contributed by atoms with E-state index in [2.05, 4.69) is 10.3 Å². The number of rotatable bonds is 5. The van der Waals surface area contributed by atoms with E-state index >= 15 is 0 Å². The minimum atomic E-state index is -0.00999. The Morgan fingerprint density at radius 1 is 1.21 bits per heavy atom. The monoisotopic (exact) mass is 327 g/mol. The second-order valence-electron chi connectivity index (χ2n) is 5.64. The summed E-state index contributed by atoms with van der Waals surface area (Å²) in [6.45, 7) is 2.15. The first-order chi connectivity index (χ1) is 11.7. The third-order valence-corrected chi connectivity index (χ3v) is 3.90. The van der Waals surface area contributed by atoms with Crippen LogP contribution in [0, 0.1) is 0 Å². The molecule has 1 aliphatic heterocycles. The van der Waals surface area contributed by atoms with Crippen LogP contribution in [0.3, 0.4) is 0 Å². The molecule has 0 radical (unpaired) electrons. The van der Waals surface area contributed by atoms with E-state index in [-0.39, 0.29) is 6.03 Å². The molecule has 1 aromatic carbocycles. The first-order valence-corrected chi connectivity index (χ1v) is 8.04. The van der Waals surface area contributed by atoms with Gasteiger partial charge in [-0.2, -0.15) is 0 Å². The summed E-state index contributed by atoms with van der Waals surface area (Å²) in [5.74, 6) is 1.89. The maximum atomic E-state index is 11.9. The summed E-state index contributed by atoms with van der Waals surface area (Å²) in [6, 6.07) is 11.0. The lowest BCUT2D eigenvalue weighted by Gasteiger charge is -2.16. The number of likely N-dealkylation sites (tertiary alicyclic amines) is 1. The molecule has 0 atom stereocenters. The lowest BCUT2D eigenvalue weighted by Crippen LogP contribution is -2.37. The summed E-state index contributed by atoms with van der Waals surface area (Å²) in [5.41, 5.74) is 0.931. The fraction of sp³-hybridized carbons (Fsp3) is 0.333. The van der Waals surface area contributed by atoms with Crippen molar-refractivity contribution >= 4 is 6.03 Å². The number of amides is 2. The lowest BCUT2D eigenvalue weighted by molar-refractivity contribution is 0.208. The van der Waals surface area contributed by atoms with E-state index in [1.807, 2.05) is 29.2 Å². The first kappa shape index (κ1) is 16.1. The van der Waals surface area contributed by atoms with Crippen LogP contribution in [0.5, 0.6) is 17.4 Å². The van der Waals surface area contributed by atoms with E-state index in [1.165, 1.54) is 0 Å². The van der Waals surface area contributed by atoms with Gasteiger partial charge in [0.15, 0.2) is 0 Å². The zero-order chi connectivity index (χ0) is 16.8. The minimum absolute atomic E-state index is 0.00999. The average Bonchev–Trinajstić information content (AvgIpc) is 3.16. The maximum Gasteiger partial charge on any atom is 0.317 e. The molecule has 126 valence electrons. The van der Waals surface area contributed by atoms with Gasteiger partial charge in [-0.15, -0.1) is 0 Å². The molecule has 2 amide bonds. The van der Waals surface area contributed by atoms with Gasteiger partial charge in [0.05, 0.1) is 7.11 Å². The molecule has 2 heterocycles. The highest BCUT2D eigenvalue weighted by Gasteiger charge is 2.17. The SMILES string of the molecule is COc1cccc(Oc2ccc(CNC(=O)N3CCCC3)cn2)c1. The Morgan fingerprint density at radius 2 is 2.00 bits per heavy atom. The van der Waals surface area contributed by atoms with E-state index in [1.54, 1.807) is 25.4 Å². The summed E-state index contributed by atoms with van der Waals surface area (Å²) in [7, 11) is 1.61. The van der Waals surface area contributed by atoms with Gasteiger partial charge in [-0.05, 0) is 30.5 Å². The number of urea groups is 1. The third-order valence-electron chi connectivity index (χ3n) is 3.90. The Hall–Kier alpha value is -2.76. The Kier molecular flexibility index (Phi) is 5.15. The molecule has 1 aliphatic rings. The minimum Gasteiger partial charge on any atom is -0.497 e. The zero-order valence-corrected chi connectivity index (χ0v) is 13.7. The molecule has 0 unspecified atom stereocenters. The van der Waals surface area contributed by atoms with Crippen molar-refractivity contribution in [2.75, 3.05) is 20.2 Å². The fourth-order valence-electron chi connectivity index (χ4n) is 2.57. The van der Waals surface area contributed by atoms with Crippen molar-refractivity contribution in [1.29, 1.82) is 0 Å². The van der Waals surface area contributed by atoms with E-state index in [9.17, 15) is 4.79 Å². The molecule has 3 rings (SSSR count). The molecular weight excluding hydrogens is 306 g/mol. The third kappa shape index (κ3) is 4.16.